The molecule has 0 spiro atoms. The summed E-state index contributed by atoms with van der Waals surface area (Å²) in [6.45, 7) is 1.95. The fourth-order valence-corrected chi connectivity index (χ4v) is 3.09. The molecule has 3 rings (SSSR count). The molecule has 6 nitrogen and oxygen atoms in total. The molecule has 2 aromatic heterocycles. The molecule has 0 amide bonds. The molecule has 1 N–H and O–H groups in total. The zero-order valence-electron chi connectivity index (χ0n) is 13.1. The molecule has 3 aromatic rings. The number of H-pyrrole nitrogens is 1. The molecule has 2 heterocycles. The zero-order valence-corrected chi connectivity index (χ0v) is 13.9. The normalized spacial score (nSPS) is 12.5. The highest BCUT2D eigenvalue weighted by molar-refractivity contribution is 7.09. The minimum atomic E-state index is -0.176. The van der Waals surface area contributed by atoms with Gasteiger partial charge in [0.25, 0.3) is 5.56 Å². The average molecular weight is 331 g/mol. The van der Waals surface area contributed by atoms with Gasteiger partial charge < -0.3 is 14.5 Å². The molecule has 0 unspecified atom stereocenters. The van der Waals surface area contributed by atoms with Crippen molar-refractivity contribution in [2.24, 2.45) is 0 Å². The van der Waals surface area contributed by atoms with Crippen LogP contribution in [0.4, 0.5) is 0 Å². The summed E-state index contributed by atoms with van der Waals surface area (Å²) in [6, 6.07) is 5.26. The number of benzene rings is 1. The minimum Gasteiger partial charge on any atom is -0.497 e. The van der Waals surface area contributed by atoms with E-state index in [0.717, 1.165) is 10.7 Å². The first kappa shape index (κ1) is 15.6. The lowest BCUT2D eigenvalue weighted by molar-refractivity contribution is 0.119. The molecule has 0 aliphatic carbocycles. The molecular formula is C16H17N3O3S. The lowest BCUT2D eigenvalue weighted by Crippen LogP contribution is -2.12. The quantitative estimate of drug-likeness (QED) is 0.778. The highest BCUT2D eigenvalue weighted by Gasteiger charge is 2.11. The first-order valence-corrected chi connectivity index (χ1v) is 8.02. The van der Waals surface area contributed by atoms with E-state index in [1.165, 1.54) is 0 Å². The van der Waals surface area contributed by atoms with Crippen LogP contribution in [0.5, 0.6) is 5.75 Å². The topological polar surface area (TPSA) is 77.1 Å². The number of ether oxygens (including phenoxy) is 2. The monoisotopic (exact) mass is 331 g/mol. The number of aromatic nitrogens is 3. The largest absolute Gasteiger partial charge is 0.497 e. The maximum atomic E-state index is 12.2. The summed E-state index contributed by atoms with van der Waals surface area (Å²) in [6.07, 6.45) is 0.439. The number of thiazole rings is 1. The summed E-state index contributed by atoms with van der Waals surface area (Å²) in [5.41, 5.74) is 1.33. The maximum Gasteiger partial charge on any atom is 0.258 e. The molecular weight excluding hydrogens is 314 g/mol. The highest BCUT2D eigenvalue weighted by atomic mass is 32.1. The van der Waals surface area contributed by atoms with E-state index < -0.39 is 0 Å². The van der Waals surface area contributed by atoms with Crippen LogP contribution in [-0.2, 0) is 11.2 Å². The van der Waals surface area contributed by atoms with Crippen molar-refractivity contribution in [3.63, 3.8) is 0 Å². The zero-order chi connectivity index (χ0) is 16.4. The number of rotatable bonds is 5. The third-order valence-corrected chi connectivity index (χ3v) is 4.64. The Kier molecular flexibility index (Phi) is 4.40. The second-order valence-corrected chi connectivity index (χ2v) is 6.02. The SMILES string of the molecule is COc1ccc2nc(Cc3csc([C@@H](C)OC)n3)[nH]c(=O)c2c1. The van der Waals surface area contributed by atoms with Crippen LogP contribution < -0.4 is 10.3 Å². The van der Waals surface area contributed by atoms with Crippen LogP contribution in [0.25, 0.3) is 10.9 Å². The Morgan fingerprint density at radius 1 is 1.30 bits per heavy atom. The molecule has 0 saturated carbocycles. The first-order valence-electron chi connectivity index (χ1n) is 7.14. The van der Waals surface area contributed by atoms with Crippen molar-refractivity contribution in [2.75, 3.05) is 14.2 Å². The van der Waals surface area contributed by atoms with Gasteiger partial charge in [-0.05, 0) is 25.1 Å². The minimum absolute atomic E-state index is 0.0372. The van der Waals surface area contributed by atoms with E-state index in [1.807, 2.05) is 12.3 Å². The Hall–Kier alpha value is -2.25. The van der Waals surface area contributed by atoms with Crippen LogP contribution in [-0.4, -0.2) is 29.2 Å². The summed E-state index contributed by atoms with van der Waals surface area (Å²) in [7, 11) is 3.22. The highest BCUT2D eigenvalue weighted by Crippen LogP contribution is 2.21. The maximum absolute atomic E-state index is 12.2. The van der Waals surface area contributed by atoms with Gasteiger partial charge in [-0.2, -0.15) is 0 Å². The summed E-state index contributed by atoms with van der Waals surface area (Å²) < 4.78 is 10.4. The van der Waals surface area contributed by atoms with Gasteiger partial charge in [-0.3, -0.25) is 4.79 Å². The number of aromatic amines is 1. The molecule has 120 valence electrons. The summed E-state index contributed by atoms with van der Waals surface area (Å²) in [4.78, 5) is 24.1. The molecule has 23 heavy (non-hydrogen) atoms. The van der Waals surface area contributed by atoms with Gasteiger partial charge in [0.1, 0.15) is 22.7 Å². The standard InChI is InChI=1S/C16H17N3O3S/c1-9(21-2)16-17-10(8-23-16)6-14-18-13-5-4-11(22-3)7-12(13)15(20)19-14/h4-5,7-9H,6H2,1-3H3,(H,18,19,20)/t9-/m1/s1. The van der Waals surface area contributed by atoms with Crippen LogP contribution >= 0.6 is 11.3 Å². The second-order valence-electron chi connectivity index (χ2n) is 5.13. The molecule has 1 atom stereocenters. The molecule has 0 fully saturated rings. The summed E-state index contributed by atoms with van der Waals surface area (Å²) >= 11 is 1.54. The number of nitrogens with one attached hydrogen (secondary N) is 1. The number of nitrogens with zero attached hydrogens (tertiary/aromatic N) is 2. The van der Waals surface area contributed by atoms with E-state index >= 15 is 0 Å². The van der Waals surface area contributed by atoms with Crippen LogP contribution in [0.1, 0.15) is 29.6 Å². The van der Waals surface area contributed by atoms with Crippen LogP contribution in [0.15, 0.2) is 28.4 Å². The lowest BCUT2D eigenvalue weighted by Gasteiger charge is -2.05. The molecule has 0 aliphatic heterocycles. The first-order chi connectivity index (χ1) is 11.1. The van der Waals surface area contributed by atoms with Crippen molar-refractivity contribution in [1.29, 1.82) is 0 Å². The van der Waals surface area contributed by atoms with Crippen molar-refractivity contribution in [3.05, 3.63) is 50.5 Å². The number of hydrogen-bond acceptors (Lipinski definition) is 6. The van der Waals surface area contributed by atoms with Crippen LogP contribution in [0.2, 0.25) is 0 Å². The smallest absolute Gasteiger partial charge is 0.258 e. The van der Waals surface area contributed by atoms with Gasteiger partial charge in [0.05, 0.1) is 23.7 Å². The molecule has 0 radical (unpaired) electrons. The molecule has 0 saturated heterocycles. The van der Waals surface area contributed by atoms with Gasteiger partial charge in [0.15, 0.2) is 0 Å². The third kappa shape index (κ3) is 3.25. The molecule has 1 aromatic carbocycles. The predicted octanol–water partition coefficient (Wildman–Crippen LogP) is 2.69. The Morgan fingerprint density at radius 2 is 2.13 bits per heavy atom. The van der Waals surface area contributed by atoms with Gasteiger partial charge in [-0.25, -0.2) is 9.97 Å². The van der Waals surface area contributed by atoms with E-state index in [9.17, 15) is 4.79 Å². The third-order valence-electron chi connectivity index (χ3n) is 3.58. The fourth-order valence-electron chi connectivity index (χ4n) is 2.24. The van der Waals surface area contributed by atoms with E-state index in [4.69, 9.17) is 9.47 Å². The summed E-state index contributed by atoms with van der Waals surface area (Å²) in [5.74, 6) is 1.23. The number of hydrogen-bond donors (Lipinski definition) is 1. The van der Waals surface area contributed by atoms with Crippen LogP contribution in [0.3, 0.4) is 0 Å². The van der Waals surface area contributed by atoms with Gasteiger partial charge in [-0.1, -0.05) is 0 Å². The van der Waals surface area contributed by atoms with E-state index in [0.29, 0.717) is 28.9 Å². The van der Waals surface area contributed by atoms with E-state index in [-0.39, 0.29) is 11.7 Å². The predicted molar refractivity (Wildman–Crippen MR) is 89.3 cm³/mol. The van der Waals surface area contributed by atoms with Gasteiger partial charge >= 0.3 is 0 Å². The van der Waals surface area contributed by atoms with E-state index in [2.05, 4.69) is 15.0 Å². The summed E-state index contributed by atoms with van der Waals surface area (Å²) in [5, 5.41) is 3.39. The molecule has 7 heteroatoms. The Labute approximate surface area is 137 Å². The second kappa shape index (κ2) is 6.47. The average Bonchev–Trinajstić information content (AvgIpc) is 3.02. The van der Waals surface area contributed by atoms with Crippen molar-refractivity contribution >= 4 is 22.2 Å². The van der Waals surface area contributed by atoms with Crippen molar-refractivity contribution in [1.82, 2.24) is 15.0 Å². The Bertz CT molecular complexity index is 888. The molecule has 0 bridgehead atoms. The van der Waals surface area contributed by atoms with E-state index in [1.54, 1.807) is 43.8 Å². The number of fused-ring (bicyclic) bond motifs is 1. The van der Waals surface area contributed by atoms with Gasteiger partial charge in [0.2, 0.25) is 0 Å². The van der Waals surface area contributed by atoms with Gasteiger partial charge in [-0.15, -0.1) is 11.3 Å². The van der Waals surface area contributed by atoms with Crippen molar-refractivity contribution in [3.8, 4) is 5.75 Å². The number of methoxy groups -OCH3 is 2. The van der Waals surface area contributed by atoms with Crippen molar-refractivity contribution < 1.29 is 9.47 Å². The van der Waals surface area contributed by atoms with Crippen LogP contribution in [0, 0.1) is 0 Å². The Morgan fingerprint density at radius 3 is 2.87 bits per heavy atom. The van der Waals surface area contributed by atoms with Gasteiger partial charge in [0, 0.05) is 18.9 Å². The fraction of sp³-hybridized carbons (Fsp3) is 0.312. The Balaban J connectivity index is 1.91. The van der Waals surface area contributed by atoms with Crippen molar-refractivity contribution in [2.45, 2.75) is 19.4 Å². The lowest BCUT2D eigenvalue weighted by atomic mass is 10.2. The molecule has 0 aliphatic rings.